The fourth-order valence-corrected chi connectivity index (χ4v) is 0.342. The zero-order chi connectivity index (χ0) is 18.6. The Morgan fingerprint density at radius 3 is 0.750 bits per heavy atom. The molecule has 0 amide bonds. The average molecular weight is 372 g/mol. The van der Waals surface area contributed by atoms with Crippen molar-refractivity contribution in [1.29, 1.82) is 0 Å². The van der Waals surface area contributed by atoms with E-state index in [1.807, 2.05) is 30.3 Å². The number of rotatable bonds is 0. The first-order valence-corrected chi connectivity index (χ1v) is 7.56. The summed E-state index contributed by atoms with van der Waals surface area (Å²) in [6.45, 7) is 13.8. The molecular weight excluding hydrogens is 335 g/mol. The molecule has 0 unspecified atom stereocenters. The Kier molecular flexibility index (Phi) is 57.0. The van der Waals surface area contributed by atoms with E-state index in [2.05, 4.69) is 6.07 Å². The smallest absolute Gasteiger partial charge is 0.394 e. The Morgan fingerprint density at radius 1 is 0.542 bits per heavy atom. The van der Waals surface area contributed by atoms with E-state index in [0.29, 0.717) is 0 Å². The van der Waals surface area contributed by atoms with Crippen LogP contribution in [0, 0.1) is 6.07 Å². The van der Waals surface area contributed by atoms with Crippen LogP contribution in [0.15, 0.2) is 30.3 Å². The van der Waals surface area contributed by atoms with Gasteiger partial charge in [0, 0.05) is 46.1 Å². The van der Waals surface area contributed by atoms with Gasteiger partial charge in [-0.3, -0.25) is 0 Å². The van der Waals surface area contributed by atoms with Gasteiger partial charge in [-0.1, -0.05) is 0 Å². The molecule has 0 fully saturated rings. The van der Waals surface area contributed by atoms with Crippen molar-refractivity contribution in [3.8, 4) is 0 Å². The summed E-state index contributed by atoms with van der Waals surface area (Å²) >= 11 is 0. The van der Waals surface area contributed by atoms with Gasteiger partial charge in [0.05, 0.1) is 0 Å². The van der Waals surface area contributed by atoms with E-state index in [1.54, 1.807) is 55.4 Å². The molecule has 0 aromatic heterocycles. The van der Waals surface area contributed by atoms with E-state index in [9.17, 15) is 0 Å². The SMILES string of the molecule is CC(C)O.CC(C)O.CC(C)O.CC(C)O.[Li+].[Ti].[c-]1ccccc1. The molecule has 0 atom stereocenters. The standard InChI is InChI=1S/C6H5.4C3H8O.Li.Ti/c1-2-4-6-5-3-1;4*1-3(2)4;;/h1-5H;4*3-4H,1-2H3;;/q-1;;;;;+1;. The molecule has 0 bridgehead atoms. The third-order valence-corrected chi connectivity index (χ3v) is 0.607. The normalized spacial score (nSPS) is 8.00. The van der Waals surface area contributed by atoms with Crippen molar-refractivity contribution in [2.45, 2.75) is 79.8 Å². The predicted octanol–water partition coefficient (Wildman–Crippen LogP) is 0.0367. The van der Waals surface area contributed by atoms with Gasteiger partial charge in [0.15, 0.2) is 0 Å². The Balaban J connectivity index is -0.0000000420. The molecule has 0 aliphatic carbocycles. The second-order valence-corrected chi connectivity index (χ2v) is 5.45. The minimum absolute atomic E-state index is 0. The third-order valence-electron chi connectivity index (χ3n) is 0.607. The second kappa shape index (κ2) is 34.7. The Bertz CT molecular complexity index is 197. The fourth-order valence-electron chi connectivity index (χ4n) is 0.342. The summed E-state index contributed by atoms with van der Waals surface area (Å²) in [6.07, 6.45) is -0.667. The molecule has 4 nitrogen and oxygen atoms in total. The molecule has 6 heteroatoms. The molecule has 4 N–H and O–H groups in total. The monoisotopic (exact) mass is 372 g/mol. The van der Waals surface area contributed by atoms with Crippen molar-refractivity contribution in [2.75, 3.05) is 0 Å². The number of hydrogen-bond acceptors (Lipinski definition) is 4. The van der Waals surface area contributed by atoms with Crippen molar-refractivity contribution in [3.05, 3.63) is 36.4 Å². The number of aliphatic hydroxyl groups excluding tert-OH is 4. The average Bonchev–Trinajstić information content (AvgIpc) is 2.28. The van der Waals surface area contributed by atoms with Crippen LogP contribution >= 0.6 is 0 Å². The van der Waals surface area contributed by atoms with E-state index < -0.39 is 0 Å². The summed E-state index contributed by atoms with van der Waals surface area (Å²) in [5.41, 5.74) is 0. The Morgan fingerprint density at radius 2 is 0.708 bits per heavy atom. The molecule has 24 heavy (non-hydrogen) atoms. The molecule has 0 saturated carbocycles. The van der Waals surface area contributed by atoms with Crippen molar-refractivity contribution in [2.24, 2.45) is 0 Å². The van der Waals surface area contributed by atoms with Crippen LogP contribution in [-0.4, -0.2) is 44.8 Å². The van der Waals surface area contributed by atoms with Gasteiger partial charge in [0.2, 0.25) is 0 Å². The van der Waals surface area contributed by atoms with E-state index in [-0.39, 0.29) is 65.0 Å². The molecule has 0 aliphatic heterocycles. The third kappa shape index (κ3) is 252. The van der Waals surface area contributed by atoms with Gasteiger partial charge >= 0.3 is 18.9 Å². The molecule has 0 saturated heterocycles. The summed E-state index contributed by atoms with van der Waals surface area (Å²) in [6, 6.07) is 12.5. The van der Waals surface area contributed by atoms with Crippen molar-refractivity contribution in [3.63, 3.8) is 0 Å². The summed E-state index contributed by atoms with van der Waals surface area (Å²) < 4.78 is 0. The molecule has 138 valence electrons. The molecule has 0 spiro atoms. The number of hydrogen-bond donors (Lipinski definition) is 4. The van der Waals surface area contributed by atoms with E-state index in [4.69, 9.17) is 20.4 Å². The summed E-state index contributed by atoms with van der Waals surface area (Å²) in [4.78, 5) is 0. The van der Waals surface area contributed by atoms with Gasteiger partial charge < -0.3 is 20.4 Å². The van der Waals surface area contributed by atoms with Crippen molar-refractivity contribution >= 4 is 0 Å². The molecule has 0 heterocycles. The van der Waals surface area contributed by atoms with Crippen LogP contribution < -0.4 is 18.9 Å². The second-order valence-electron chi connectivity index (χ2n) is 5.45. The van der Waals surface area contributed by atoms with Crippen LogP contribution in [0.25, 0.3) is 0 Å². The maximum atomic E-state index is 8.06. The topological polar surface area (TPSA) is 80.9 Å². The van der Waals surface area contributed by atoms with Crippen LogP contribution in [0.4, 0.5) is 0 Å². The first-order valence-electron chi connectivity index (χ1n) is 7.56. The van der Waals surface area contributed by atoms with Crippen LogP contribution in [-0.2, 0) is 21.7 Å². The zero-order valence-corrected chi connectivity index (χ0v) is 18.5. The maximum absolute atomic E-state index is 8.06. The van der Waals surface area contributed by atoms with Gasteiger partial charge in [-0.05, 0) is 55.4 Å². The van der Waals surface area contributed by atoms with Gasteiger partial charge in [-0.15, -0.1) is 0 Å². The molecule has 0 radical (unpaired) electrons. The van der Waals surface area contributed by atoms with Crippen LogP contribution in [0.1, 0.15) is 55.4 Å². The van der Waals surface area contributed by atoms with Gasteiger partial charge in [0.25, 0.3) is 0 Å². The maximum Gasteiger partial charge on any atom is 1.00 e. The zero-order valence-electron chi connectivity index (χ0n) is 17.0. The number of benzene rings is 1. The first kappa shape index (κ1) is 39.4. The van der Waals surface area contributed by atoms with Gasteiger partial charge in [-0.25, -0.2) is 0 Å². The predicted molar refractivity (Wildman–Crippen MR) is 94.7 cm³/mol. The van der Waals surface area contributed by atoms with Crippen molar-refractivity contribution < 1.29 is 61.0 Å². The van der Waals surface area contributed by atoms with E-state index in [0.717, 1.165) is 0 Å². The fraction of sp³-hybridized carbons (Fsp3) is 0.667. The summed E-state index contributed by atoms with van der Waals surface area (Å²) in [7, 11) is 0. The first-order chi connectivity index (χ1) is 9.93. The molecule has 1 aromatic rings. The molecule has 0 aliphatic rings. The largest absolute Gasteiger partial charge is 1.00 e. The Hall–Kier alpha value is 0.372. The van der Waals surface area contributed by atoms with Crippen LogP contribution in [0.5, 0.6) is 0 Å². The van der Waals surface area contributed by atoms with E-state index in [1.165, 1.54) is 0 Å². The van der Waals surface area contributed by atoms with Crippen LogP contribution in [0.2, 0.25) is 0 Å². The van der Waals surface area contributed by atoms with E-state index >= 15 is 0 Å². The van der Waals surface area contributed by atoms with Gasteiger partial charge in [-0.2, -0.15) is 36.4 Å². The van der Waals surface area contributed by atoms with Crippen molar-refractivity contribution in [1.82, 2.24) is 0 Å². The summed E-state index contributed by atoms with van der Waals surface area (Å²) in [5, 5.41) is 32.2. The number of aliphatic hydroxyl groups is 4. The quantitative estimate of drug-likeness (QED) is 0.383. The minimum Gasteiger partial charge on any atom is -0.394 e. The van der Waals surface area contributed by atoms with Crippen LogP contribution in [0.3, 0.4) is 0 Å². The summed E-state index contributed by atoms with van der Waals surface area (Å²) in [5.74, 6) is 0. The molecule has 1 aromatic carbocycles. The minimum atomic E-state index is -0.167. The van der Waals surface area contributed by atoms with Gasteiger partial charge in [0.1, 0.15) is 0 Å². The molecule has 1 rings (SSSR count). The Labute approximate surface area is 176 Å². The molecular formula is C18H37LiO4Ti.